The van der Waals surface area contributed by atoms with Gasteiger partial charge in [0.2, 0.25) is 0 Å². The molecule has 0 spiro atoms. The Kier molecular flexibility index (Phi) is 7.47. The molecule has 2 heterocycles. The van der Waals surface area contributed by atoms with Gasteiger partial charge in [-0.05, 0) is 56.3 Å². The van der Waals surface area contributed by atoms with Crippen molar-refractivity contribution in [3.05, 3.63) is 115 Å². The summed E-state index contributed by atoms with van der Waals surface area (Å²) in [6.45, 7) is 3.43. The lowest BCUT2D eigenvalue weighted by molar-refractivity contribution is -0.383. The molecule has 0 atom stereocenters. The highest BCUT2D eigenvalue weighted by molar-refractivity contribution is 6.34. The van der Waals surface area contributed by atoms with Gasteiger partial charge in [-0.1, -0.05) is 41.4 Å². The third-order valence-corrected chi connectivity index (χ3v) is 6.21. The number of anilines is 2. The van der Waals surface area contributed by atoms with Crippen molar-refractivity contribution in [3.8, 4) is 0 Å². The average molecular weight is 536 g/mol. The Morgan fingerprint density at radius 2 is 1.19 bits per heavy atom. The minimum Gasteiger partial charge on any atom is -0.340 e. The van der Waals surface area contributed by atoms with Crippen LogP contribution in [0.4, 0.5) is 22.9 Å². The van der Waals surface area contributed by atoms with Crippen molar-refractivity contribution in [3.63, 3.8) is 0 Å². The van der Waals surface area contributed by atoms with Gasteiger partial charge >= 0.3 is 0 Å². The minimum atomic E-state index is -0.395. The van der Waals surface area contributed by atoms with Gasteiger partial charge in [0.05, 0.1) is 20.6 Å². The number of hydrogen-bond acceptors (Lipinski definition) is 7. The molecular formula is C26H19Cl2N5O4. The zero-order valence-corrected chi connectivity index (χ0v) is 21.1. The summed E-state index contributed by atoms with van der Waals surface area (Å²) in [6, 6.07) is 17.4. The fraction of sp³-hybridized carbons (Fsp3) is 0.0769. The van der Waals surface area contributed by atoms with E-state index in [1.165, 1.54) is 6.20 Å². The molecule has 0 aliphatic rings. The quantitative estimate of drug-likeness (QED) is 0.140. The fourth-order valence-corrected chi connectivity index (χ4v) is 4.26. The maximum atomic E-state index is 11.3. The summed E-state index contributed by atoms with van der Waals surface area (Å²) in [5.74, 6) is 0.572. The maximum Gasteiger partial charge on any atom is 0.280 e. The number of nitro groups is 2. The van der Waals surface area contributed by atoms with Crippen molar-refractivity contribution in [1.82, 2.24) is 9.97 Å². The highest BCUT2D eigenvalue weighted by Crippen LogP contribution is 2.34. The van der Waals surface area contributed by atoms with Gasteiger partial charge in [-0.2, -0.15) is 0 Å². The third kappa shape index (κ3) is 5.42. The normalized spacial score (nSPS) is 10.6. The molecule has 5 rings (SSSR count). The van der Waals surface area contributed by atoms with E-state index in [1.807, 2.05) is 18.2 Å². The predicted molar refractivity (Wildman–Crippen MR) is 146 cm³/mol. The van der Waals surface area contributed by atoms with Crippen molar-refractivity contribution in [2.24, 2.45) is 0 Å². The standard InChI is InChI=1S/C16H12ClN3O2.C10H7ClN2O2/c1-10-2-7-14-13(15(10)20(21)22)8-9-18-16(14)19-12-5-3-11(17)4-6-12;1-6-2-3-8-7(9(6)13(14)15)4-5-12-10(8)11/h2-9H,1H3,(H,18,19);2-5H,1H3. The molecule has 5 aromatic rings. The van der Waals surface area contributed by atoms with Crippen molar-refractivity contribution in [2.75, 3.05) is 5.32 Å². The van der Waals surface area contributed by atoms with Crippen LogP contribution in [0.5, 0.6) is 0 Å². The first-order chi connectivity index (χ1) is 17.7. The molecule has 37 heavy (non-hydrogen) atoms. The second kappa shape index (κ2) is 10.7. The zero-order chi connectivity index (χ0) is 26.7. The van der Waals surface area contributed by atoms with Crippen LogP contribution in [0.1, 0.15) is 11.1 Å². The van der Waals surface area contributed by atoms with Crippen molar-refractivity contribution in [1.29, 1.82) is 0 Å². The van der Waals surface area contributed by atoms with E-state index < -0.39 is 4.92 Å². The van der Waals surface area contributed by atoms with E-state index in [0.717, 1.165) is 5.69 Å². The van der Waals surface area contributed by atoms with E-state index in [4.69, 9.17) is 23.2 Å². The molecule has 186 valence electrons. The lowest BCUT2D eigenvalue weighted by Crippen LogP contribution is -1.98. The number of aromatic nitrogens is 2. The van der Waals surface area contributed by atoms with Crippen LogP contribution in [0.2, 0.25) is 10.2 Å². The number of aryl methyl sites for hydroxylation is 2. The number of pyridine rings is 2. The molecule has 0 radical (unpaired) electrons. The summed E-state index contributed by atoms with van der Waals surface area (Å²) in [7, 11) is 0. The van der Waals surface area contributed by atoms with Crippen LogP contribution in [-0.4, -0.2) is 19.8 Å². The summed E-state index contributed by atoms with van der Waals surface area (Å²) in [5, 5.41) is 28.7. The third-order valence-electron chi connectivity index (χ3n) is 5.66. The van der Waals surface area contributed by atoms with E-state index in [-0.39, 0.29) is 21.5 Å². The van der Waals surface area contributed by atoms with Crippen molar-refractivity contribution >= 4 is 67.6 Å². The molecule has 0 saturated heterocycles. The van der Waals surface area contributed by atoms with E-state index in [1.54, 1.807) is 62.5 Å². The Bertz CT molecular complexity index is 1660. The van der Waals surface area contributed by atoms with Crippen LogP contribution in [0, 0.1) is 34.1 Å². The number of nitrogens with zero attached hydrogens (tertiary/aromatic N) is 4. The predicted octanol–water partition coefficient (Wildman–Crippen LogP) is 7.95. The van der Waals surface area contributed by atoms with E-state index in [0.29, 0.717) is 43.5 Å². The minimum absolute atomic E-state index is 0.0943. The zero-order valence-electron chi connectivity index (χ0n) is 19.6. The molecule has 0 bridgehead atoms. The molecule has 3 aromatic carbocycles. The molecule has 2 aromatic heterocycles. The Labute approximate surface area is 221 Å². The summed E-state index contributed by atoms with van der Waals surface area (Å²) in [5.41, 5.74) is 2.26. The van der Waals surface area contributed by atoms with Gasteiger partial charge in [0.15, 0.2) is 0 Å². The lowest BCUT2D eigenvalue weighted by Gasteiger charge is -2.10. The maximum absolute atomic E-state index is 11.3. The van der Waals surface area contributed by atoms with Crippen LogP contribution in [-0.2, 0) is 0 Å². The Morgan fingerprint density at radius 3 is 1.76 bits per heavy atom. The first kappa shape index (κ1) is 25.7. The highest BCUT2D eigenvalue weighted by atomic mass is 35.5. The van der Waals surface area contributed by atoms with Gasteiger partial charge in [0.25, 0.3) is 11.4 Å². The summed E-state index contributed by atoms with van der Waals surface area (Å²) in [6.07, 6.45) is 3.03. The van der Waals surface area contributed by atoms with Gasteiger partial charge in [-0.15, -0.1) is 0 Å². The second-order valence-electron chi connectivity index (χ2n) is 8.06. The van der Waals surface area contributed by atoms with Crippen LogP contribution in [0.3, 0.4) is 0 Å². The molecule has 0 fully saturated rings. The molecule has 0 saturated carbocycles. The average Bonchev–Trinajstić information content (AvgIpc) is 2.85. The summed E-state index contributed by atoms with van der Waals surface area (Å²) < 4.78 is 0. The fourth-order valence-electron chi connectivity index (χ4n) is 3.91. The number of rotatable bonds is 4. The highest BCUT2D eigenvalue weighted by Gasteiger charge is 2.18. The van der Waals surface area contributed by atoms with E-state index >= 15 is 0 Å². The number of fused-ring (bicyclic) bond motifs is 2. The van der Waals surface area contributed by atoms with Gasteiger partial charge < -0.3 is 5.32 Å². The van der Waals surface area contributed by atoms with Gasteiger partial charge in [0, 0.05) is 45.0 Å². The molecule has 0 aliphatic heterocycles. The summed E-state index contributed by atoms with van der Waals surface area (Å²) in [4.78, 5) is 29.6. The first-order valence-corrected chi connectivity index (χ1v) is 11.7. The molecular weight excluding hydrogens is 517 g/mol. The SMILES string of the molecule is Cc1ccc2c(Cl)nccc2c1[N+](=O)[O-].Cc1ccc2c(Nc3ccc(Cl)cc3)nccc2c1[N+](=O)[O-]. The van der Waals surface area contributed by atoms with Crippen molar-refractivity contribution in [2.45, 2.75) is 13.8 Å². The molecule has 9 nitrogen and oxygen atoms in total. The molecule has 0 amide bonds. The molecule has 0 aliphatic carbocycles. The topological polar surface area (TPSA) is 124 Å². The Balaban J connectivity index is 0.000000186. The van der Waals surface area contributed by atoms with E-state index in [2.05, 4.69) is 15.3 Å². The number of nitrogens with one attached hydrogen (secondary N) is 1. The second-order valence-corrected chi connectivity index (χ2v) is 8.85. The van der Waals surface area contributed by atoms with Gasteiger partial charge in [-0.3, -0.25) is 20.2 Å². The largest absolute Gasteiger partial charge is 0.340 e. The molecule has 11 heteroatoms. The number of halogens is 2. The lowest BCUT2D eigenvalue weighted by atomic mass is 10.1. The van der Waals surface area contributed by atoms with Crippen molar-refractivity contribution < 1.29 is 9.85 Å². The summed E-state index contributed by atoms with van der Waals surface area (Å²) >= 11 is 11.7. The Morgan fingerprint density at radius 1 is 0.676 bits per heavy atom. The molecule has 1 N–H and O–H groups in total. The monoisotopic (exact) mass is 535 g/mol. The number of benzene rings is 3. The Hall–Kier alpha value is -4.34. The first-order valence-electron chi connectivity index (χ1n) is 10.9. The number of hydrogen-bond donors (Lipinski definition) is 1. The van der Waals surface area contributed by atoms with Gasteiger partial charge in [0.1, 0.15) is 11.0 Å². The van der Waals surface area contributed by atoms with Crippen LogP contribution in [0.15, 0.2) is 73.1 Å². The van der Waals surface area contributed by atoms with Crippen LogP contribution < -0.4 is 5.32 Å². The van der Waals surface area contributed by atoms with Crippen LogP contribution in [0.25, 0.3) is 21.5 Å². The van der Waals surface area contributed by atoms with Gasteiger partial charge in [-0.25, -0.2) is 9.97 Å². The number of nitro benzene ring substituents is 2. The smallest absolute Gasteiger partial charge is 0.280 e. The molecule has 0 unspecified atom stereocenters. The van der Waals surface area contributed by atoms with Crippen LogP contribution >= 0.6 is 23.2 Å². The van der Waals surface area contributed by atoms with E-state index in [9.17, 15) is 20.2 Å².